The first-order chi connectivity index (χ1) is 6.29. The van der Waals surface area contributed by atoms with E-state index in [4.69, 9.17) is 12.2 Å². The van der Waals surface area contributed by atoms with Crippen LogP contribution >= 0.6 is 12.2 Å². The summed E-state index contributed by atoms with van der Waals surface area (Å²) in [7, 11) is 0. The zero-order valence-electron chi connectivity index (χ0n) is 6.93. The van der Waals surface area contributed by atoms with Crippen molar-refractivity contribution < 1.29 is 0 Å². The number of aryl methyl sites for hydroxylation is 1. The Labute approximate surface area is 79.4 Å². The maximum absolute atomic E-state index is 4.96. The molecule has 0 aliphatic carbocycles. The van der Waals surface area contributed by atoms with Crippen molar-refractivity contribution in [2.45, 2.75) is 6.92 Å². The monoisotopic (exact) mass is 193 g/mol. The number of rotatable bonds is 1. The second-order valence-electron chi connectivity index (χ2n) is 2.53. The standard InChI is InChI=1S/C7H7N5S/c1-5-6(3-2-4-8-5)12-7(13)9-10-11-12/h2-4H,1H3,(H,9,11,13). The molecule has 2 heterocycles. The van der Waals surface area contributed by atoms with Crippen LogP contribution in [-0.4, -0.2) is 25.2 Å². The molecule has 0 aliphatic rings. The van der Waals surface area contributed by atoms with Crippen molar-refractivity contribution in [2.24, 2.45) is 0 Å². The highest BCUT2D eigenvalue weighted by Gasteiger charge is 2.02. The molecule has 0 spiro atoms. The number of pyridine rings is 1. The van der Waals surface area contributed by atoms with Crippen LogP contribution in [0.1, 0.15) is 5.69 Å². The zero-order valence-corrected chi connectivity index (χ0v) is 7.75. The van der Waals surface area contributed by atoms with Crippen LogP contribution in [0.4, 0.5) is 0 Å². The van der Waals surface area contributed by atoms with Gasteiger partial charge in [0, 0.05) is 6.20 Å². The molecule has 5 nitrogen and oxygen atoms in total. The van der Waals surface area contributed by atoms with Gasteiger partial charge in [-0.3, -0.25) is 4.98 Å². The number of nitrogens with zero attached hydrogens (tertiary/aromatic N) is 4. The molecule has 0 saturated heterocycles. The molecule has 0 atom stereocenters. The van der Waals surface area contributed by atoms with Gasteiger partial charge in [-0.1, -0.05) is 10.3 Å². The van der Waals surface area contributed by atoms with Crippen molar-refractivity contribution in [1.82, 2.24) is 25.2 Å². The first kappa shape index (κ1) is 8.06. The molecule has 1 N–H and O–H groups in total. The van der Waals surface area contributed by atoms with Crippen molar-refractivity contribution in [2.75, 3.05) is 0 Å². The van der Waals surface area contributed by atoms with E-state index in [0.717, 1.165) is 11.4 Å². The fraction of sp³-hybridized carbons (Fsp3) is 0.143. The molecule has 0 radical (unpaired) electrons. The van der Waals surface area contributed by atoms with Gasteiger partial charge in [0.15, 0.2) is 0 Å². The quantitative estimate of drug-likeness (QED) is 0.687. The molecular formula is C7H7N5S. The molecule has 2 rings (SSSR count). The highest BCUT2D eigenvalue weighted by molar-refractivity contribution is 7.71. The van der Waals surface area contributed by atoms with E-state index in [-0.39, 0.29) is 0 Å². The Morgan fingerprint density at radius 1 is 1.54 bits per heavy atom. The van der Waals surface area contributed by atoms with Gasteiger partial charge in [-0.2, -0.15) is 5.21 Å². The van der Waals surface area contributed by atoms with E-state index in [9.17, 15) is 0 Å². The van der Waals surface area contributed by atoms with Gasteiger partial charge in [-0.15, -0.1) is 0 Å². The van der Waals surface area contributed by atoms with Crippen LogP contribution < -0.4 is 0 Å². The number of nitrogens with one attached hydrogen (secondary N) is 1. The average molecular weight is 193 g/mol. The van der Waals surface area contributed by atoms with E-state index in [2.05, 4.69) is 20.5 Å². The van der Waals surface area contributed by atoms with Crippen molar-refractivity contribution in [3.8, 4) is 5.69 Å². The Hall–Kier alpha value is -1.56. The van der Waals surface area contributed by atoms with E-state index < -0.39 is 0 Å². The zero-order chi connectivity index (χ0) is 9.26. The molecule has 0 aromatic carbocycles. The lowest BCUT2D eigenvalue weighted by Gasteiger charge is -2.02. The molecule has 2 aromatic rings. The lowest BCUT2D eigenvalue weighted by Crippen LogP contribution is -2.00. The number of H-pyrrole nitrogens is 1. The average Bonchev–Trinajstić information content (AvgIpc) is 2.52. The minimum atomic E-state index is 0.399. The predicted octanol–water partition coefficient (Wildman–Crippen LogP) is 1.03. The molecule has 0 fully saturated rings. The summed E-state index contributed by atoms with van der Waals surface area (Å²) in [6.45, 7) is 1.90. The Kier molecular flexibility index (Phi) is 1.90. The topological polar surface area (TPSA) is 59.4 Å². The summed E-state index contributed by atoms with van der Waals surface area (Å²) < 4.78 is 2.01. The van der Waals surface area contributed by atoms with Crippen molar-refractivity contribution in [3.63, 3.8) is 0 Å². The first-order valence-corrected chi connectivity index (χ1v) is 4.12. The second-order valence-corrected chi connectivity index (χ2v) is 2.89. The van der Waals surface area contributed by atoms with Crippen LogP contribution in [-0.2, 0) is 0 Å². The van der Waals surface area contributed by atoms with Gasteiger partial charge in [0.2, 0.25) is 4.77 Å². The molecule has 2 aromatic heterocycles. The van der Waals surface area contributed by atoms with Crippen LogP contribution in [0.2, 0.25) is 0 Å². The summed E-state index contributed by atoms with van der Waals surface area (Å²) in [4.78, 5) is 4.13. The summed E-state index contributed by atoms with van der Waals surface area (Å²) in [5.41, 5.74) is 1.75. The van der Waals surface area contributed by atoms with Crippen LogP contribution in [0, 0.1) is 11.7 Å². The van der Waals surface area contributed by atoms with Gasteiger partial charge in [0.05, 0.1) is 11.4 Å². The SMILES string of the molecule is Cc1ncccc1-n1[nH]nnc1=S. The van der Waals surface area contributed by atoms with E-state index in [1.807, 2.05) is 19.1 Å². The lowest BCUT2D eigenvalue weighted by atomic mass is 10.3. The highest BCUT2D eigenvalue weighted by atomic mass is 32.1. The maximum atomic E-state index is 4.96. The van der Waals surface area contributed by atoms with E-state index in [1.54, 1.807) is 10.9 Å². The number of aromatic amines is 1. The molecule has 66 valence electrons. The van der Waals surface area contributed by atoms with Gasteiger partial charge >= 0.3 is 0 Å². The van der Waals surface area contributed by atoms with Gasteiger partial charge in [-0.25, -0.2) is 4.68 Å². The molecule has 0 saturated carbocycles. The minimum Gasteiger partial charge on any atom is -0.259 e. The second kappa shape index (κ2) is 3.06. The normalized spacial score (nSPS) is 10.2. The molecule has 13 heavy (non-hydrogen) atoms. The summed E-state index contributed by atoms with van der Waals surface area (Å²) in [5.74, 6) is 0. The summed E-state index contributed by atoms with van der Waals surface area (Å²) >= 11 is 4.96. The maximum Gasteiger partial charge on any atom is 0.242 e. The summed E-state index contributed by atoms with van der Waals surface area (Å²) in [6.07, 6.45) is 1.73. The molecule has 0 aliphatic heterocycles. The van der Waals surface area contributed by atoms with Gasteiger partial charge in [-0.05, 0) is 31.3 Å². The van der Waals surface area contributed by atoms with E-state index >= 15 is 0 Å². The smallest absolute Gasteiger partial charge is 0.242 e. The predicted molar refractivity (Wildman–Crippen MR) is 49.1 cm³/mol. The fourth-order valence-corrected chi connectivity index (χ4v) is 1.25. The molecule has 6 heteroatoms. The summed E-state index contributed by atoms with van der Waals surface area (Å²) in [6, 6.07) is 3.74. The van der Waals surface area contributed by atoms with Crippen molar-refractivity contribution >= 4 is 12.2 Å². The Balaban J connectivity index is 2.66. The Morgan fingerprint density at radius 2 is 2.38 bits per heavy atom. The third-order valence-corrected chi connectivity index (χ3v) is 1.96. The largest absolute Gasteiger partial charge is 0.259 e. The number of tetrazole rings is 1. The molecule has 0 bridgehead atoms. The Bertz CT molecular complexity index is 471. The number of hydrogen-bond acceptors (Lipinski definition) is 4. The molecular weight excluding hydrogens is 186 g/mol. The summed E-state index contributed by atoms with van der Waals surface area (Å²) in [5, 5.41) is 9.95. The van der Waals surface area contributed by atoms with Crippen LogP contribution in [0.25, 0.3) is 5.69 Å². The highest BCUT2D eigenvalue weighted by Crippen LogP contribution is 2.08. The van der Waals surface area contributed by atoms with Crippen molar-refractivity contribution in [1.29, 1.82) is 0 Å². The van der Waals surface area contributed by atoms with Crippen molar-refractivity contribution in [3.05, 3.63) is 28.8 Å². The third-order valence-electron chi connectivity index (χ3n) is 1.69. The molecule has 0 amide bonds. The van der Waals surface area contributed by atoms with Crippen LogP contribution in [0.5, 0.6) is 0 Å². The molecule has 0 unspecified atom stereocenters. The van der Waals surface area contributed by atoms with E-state index in [0.29, 0.717) is 4.77 Å². The Morgan fingerprint density at radius 3 is 3.00 bits per heavy atom. The van der Waals surface area contributed by atoms with Gasteiger partial charge in [0.1, 0.15) is 0 Å². The van der Waals surface area contributed by atoms with Crippen LogP contribution in [0.15, 0.2) is 18.3 Å². The third kappa shape index (κ3) is 1.35. The number of hydrogen-bond donors (Lipinski definition) is 1. The lowest BCUT2D eigenvalue weighted by molar-refractivity contribution is 0.777. The number of aromatic nitrogens is 5. The minimum absolute atomic E-state index is 0.399. The first-order valence-electron chi connectivity index (χ1n) is 3.71. The van der Waals surface area contributed by atoms with Gasteiger partial charge < -0.3 is 0 Å². The van der Waals surface area contributed by atoms with Crippen LogP contribution in [0.3, 0.4) is 0 Å². The fourth-order valence-electron chi connectivity index (χ4n) is 1.07. The van der Waals surface area contributed by atoms with E-state index in [1.165, 1.54) is 0 Å². The van der Waals surface area contributed by atoms with Gasteiger partial charge in [0.25, 0.3) is 0 Å².